The van der Waals surface area contributed by atoms with Gasteiger partial charge in [0.25, 0.3) is 10.0 Å². The van der Waals surface area contributed by atoms with Gasteiger partial charge < -0.3 is 5.32 Å². The van der Waals surface area contributed by atoms with Gasteiger partial charge in [0.05, 0.1) is 11.7 Å². The summed E-state index contributed by atoms with van der Waals surface area (Å²) in [4.78, 5) is 12.0. The Morgan fingerprint density at radius 2 is 2.20 bits per heavy atom. The van der Waals surface area contributed by atoms with E-state index < -0.39 is 10.0 Å². The second-order valence-electron chi connectivity index (χ2n) is 5.58. The number of fused-ring (bicyclic) bond motifs is 1. The monoisotopic (exact) mass is 378 g/mol. The predicted molar refractivity (Wildman–Crippen MR) is 98.1 cm³/mol. The summed E-state index contributed by atoms with van der Waals surface area (Å²) in [6.07, 6.45) is 2.38. The maximum Gasteiger partial charge on any atom is 0.252 e. The van der Waals surface area contributed by atoms with Crippen molar-refractivity contribution in [3.05, 3.63) is 41.9 Å². The van der Waals surface area contributed by atoms with Gasteiger partial charge in [-0.1, -0.05) is 6.07 Å². The molecule has 2 aromatic heterocycles. The van der Waals surface area contributed by atoms with Crippen LogP contribution in [0.5, 0.6) is 0 Å². The van der Waals surface area contributed by atoms with Crippen molar-refractivity contribution in [1.82, 2.24) is 14.5 Å². The highest BCUT2D eigenvalue weighted by Gasteiger charge is 2.21. The number of amides is 1. The molecule has 132 valence electrons. The first-order valence-electron chi connectivity index (χ1n) is 7.69. The number of benzene rings is 1. The molecule has 3 rings (SSSR count). The number of nitrogens with zero attached hydrogens (tertiary/aromatic N) is 2. The molecule has 0 saturated heterocycles. The van der Waals surface area contributed by atoms with E-state index in [1.165, 1.54) is 22.7 Å². The maximum absolute atomic E-state index is 12.3. The van der Waals surface area contributed by atoms with E-state index in [0.29, 0.717) is 16.3 Å². The van der Waals surface area contributed by atoms with E-state index >= 15 is 0 Å². The lowest BCUT2D eigenvalue weighted by atomic mass is 10.2. The third-order valence-corrected chi connectivity index (χ3v) is 6.99. The SMILES string of the molecule is CN(CCCC(=O)Nc1ccc2[nH]ncc2c1)S(=O)(=O)c1cccs1. The van der Waals surface area contributed by atoms with E-state index in [1.54, 1.807) is 29.8 Å². The lowest BCUT2D eigenvalue weighted by molar-refractivity contribution is -0.116. The molecule has 0 aliphatic rings. The Morgan fingerprint density at radius 3 is 2.96 bits per heavy atom. The van der Waals surface area contributed by atoms with Crippen LogP contribution in [0.15, 0.2) is 46.1 Å². The predicted octanol–water partition coefficient (Wildman–Crippen LogP) is 2.66. The molecule has 25 heavy (non-hydrogen) atoms. The van der Waals surface area contributed by atoms with E-state index in [0.717, 1.165) is 10.9 Å². The molecule has 0 atom stereocenters. The second-order valence-corrected chi connectivity index (χ2v) is 8.80. The first-order chi connectivity index (χ1) is 12.0. The highest BCUT2D eigenvalue weighted by atomic mass is 32.2. The number of hydrogen-bond acceptors (Lipinski definition) is 5. The first kappa shape index (κ1) is 17.6. The molecule has 0 unspecified atom stereocenters. The van der Waals surface area contributed by atoms with Gasteiger partial charge in [0, 0.05) is 31.1 Å². The minimum Gasteiger partial charge on any atom is -0.326 e. The molecular weight excluding hydrogens is 360 g/mol. The molecule has 0 aliphatic carbocycles. The summed E-state index contributed by atoms with van der Waals surface area (Å²) in [7, 11) is -1.93. The second kappa shape index (κ2) is 7.34. The molecular formula is C16H18N4O3S2. The van der Waals surface area contributed by atoms with Crippen molar-refractivity contribution in [2.45, 2.75) is 17.1 Å². The van der Waals surface area contributed by atoms with Crippen LogP contribution in [0.3, 0.4) is 0 Å². The number of thiophene rings is 1. The largest absolute Gasteiger partial charge is 0.326 e. The fourth-order valence-corrected chi connectivity index (χ4v) is 4.80. The summed E-state index contributed by atoms with van der Waals surface area (Å²) in [6, 6.07) is 8.76. The quantitative estimate of drug-likeness (QED) is 0.661. The number of hydrogen-bond donors (Lipinski definition) is 2. The van der Waals surface area contributed by atoms with Crippen LogP contribution in [0.4, 0.5) is 5.69 Å². The molecule has 0 aliphatic heterocycles. The van der Waals surface area contributed by atoms with Crippen LogP contribution < -0.4 is 5.32 Å². The molecule has 0 bridgehead atoms. The van der Waals surface area contributed by atoms with Gasteiger partial charge in [-0.15, -0.1) is 11.3 Å². The Morgan fingerprint density at radius 1 is 1.36 bits per heavy atom. The highest BCUT2D eigenvalue weighted by molar-refractivity contribution is 7.91. The molecule has 0 radical (unpaired) electrons. The number of carbonyl (C=O) groups is 1. The molecule has 0 fully saturated rings. The Hall–Kier alpha value is -2.23. The van der Waals surface area contributed by atoms with Crippen molar-refractivity contribution in [3.8, 4) is 0 Å². The molecule has 9 heteroatoms. The van der Waals surface area contributed by atoms with Crippen molar-refractivity contribution < 1.29 is 13.2 Å². The van der Waals surface area contributed by atoms with Crippen LogP contribution >= 0.6 is 11.3 Å². The van der Waals surface area contributed by atoms with E-state index in [1.807, 2.05) is 12.1 Å². The number of aromatic amines is 1. The van der Waals surface area contributed by atoms with Gasteiger partial charge in [0.15, 0.2) is 0 Å². The topological polar surface area (TPSA) is 95.2 Å². The van der Waals surface area contributed by atoms with Crippen LogP contribution in [0.2, 0.25) is 0 Å². The number of anilines is 1. The Balaban J connectivity index is 1.50. The zero-order valence-electron chi connectivity index (χ0n) is 13.6. The van der Waals surface area contributed by atoms with Crippen LogP contribution in [0, 0.1) is 0 Å². The Kier molecular flexibility index (Phi) is 5.16. The normalized spacial score (nSPS) is 11.9. The number of nitrogens with one attached hydrogen (secondary N) is 2. The molecule has 0 spiro atoms. The van der Waals surface area contributed by atoms with E-state index in [9.17, 15) is 13.2 Å². The van der Waals surface area contributed by atoms with Crippen molar-refractivity contribution in [2.24, 2.45) is 0 Å². The number of aromatic nitrogens is 2. The first-order valence-corrected chi connectivity index (χ1v) is 10.0. The Labute approximate surface area is 149 Å². The molecule has 1 amide bonds. The van der Waals surface area contributed by atoms with Gasteiger partial charge >= 0.3 is 0 Å². The van der Waals surface area contributed by atoms with Crippen LogP contribution in [0.1, 0.15) is 12.8 Å². The lowest BCUT2D eigenvalue weighted by Crippen LogP contribution is -2.28. The van der Waals surface area contributed by atoms with Crippen molar-refractivity contribution >= 4 is 43.9 Å². The molecule has 7 nitrogen and oxygen atoms in total. The zero-order valence-corrected chi connectivity index (χ0v) is 15.2. The van der Waals surface area contributed by atoms with Crippen LogP contribution in [-0.4, -0.2) is 42.4 Å². The molecule has 2 heterocycles. The third kappa shape index (κ3) is 4.06. The summed E-state index contributed by atoms with van der Waals surface area (Å²) in [5, 5.41) is 12.2. The van der Waals surface area contributed by atoms with Gasteiger partial charge in [0.2, 0.25) is 5.91 Å². The average Bonchev–Trinajstić information content (AvgIpc) is 3.26. The van der Waals surface area contributed by atoms with Crippen LogP contribution in [0.25, 0.3) is 10.9 Å². The van der Waals surface area contributed by atoms with Gasteiger partial charge in [-0.25, -0.2) is 12.7 Å². The molecule has 0 saturated carbocycles. The zero-order chi connectivity index (χ0) is 17.9. The van der Waals surface area contributed by atoms with Gasteiger partial charge in [-0.2, -0.15) is 5.10 Å². The number of carbonyl (C=O) groups excluding carboxylic acids is 1. The maximum atomic E-state index is 12.3. The summed E-state index contributed by atoms with van der Waals surface area (Å²) < 4.78 is 26.2. The standard InChI is InChI=1S/C16H18N4O3S2/c1-20(25(22,23)16-5-3-9-24-16)8-2-4-15(21)18-13-6-7-14-12(10-13)11-17-19-14/h3,5-7,9-11H,2,4,8H2,1H3,(H,17,19)(H,18,21). The van der Waals surface area contributed by atoms with E-state index in [2.05, 4.69) is 15.5 Å². The van der Waals surface area contributed by atoms with Crippen molar-refractivity contribution in [2.75, 3.05) is 18.9 Å². The van der Waals surface area contributed by atoms with Crippen LogP contribution in [-0.2, 0) is 14.8 Å². The van der Waals surface area contributed by atoms with E-state index in [-0.39, 0.29) is 18.9 Å². The molecule has 2 N–H and O–H groups in total. The van der Waals surface area contributed by atoms with Gasteiger partial charge in [-0.3, -0.25) is 9.89 Å². The smallest absolute Gasteiger partial charge is 0.252 e. The van der Waals surface area contributed by atoms with E-state index in [4.69, 9.17) is 0 Å². The number of sulfonamides is 1. The highest BCUT2D eigenvalue weighted by Crippen LogP contribution is 2.20. The third-order valence-electron chi connectivity index (χ3n) is 3.76. The fourth-order valence-electron chi connectivity index (χ4n) is 2.39. The van der Waals surface area contributed by atoms with Gasteiger partial charge in [0.1, 0.15) is 4.21 Å². The number of rotatable bonds is 7. The summed E-state index contributed by atoms with van der Waals surface area (Å²) in [5.41, 5.74) is 1.59. The number of H-pyrrole nitrogens is 1. The minimum absolute atomic E-state index is 0.148. The molecule has 1 aromatic carbocycles. The molecule has 3 aromatic rings. The summed E-state index contributed by atoms with van der Waals surface area (Å²) in [6.45, 7) is 0.286. The average molecular weight is 378 g/mol. The fraction of sp³-hybridized carbons (Fsp3) is 0.250. The summed E-state index contributed by atoms with van der Waals surface area (Å²) >= 11 is 1.18. The minimum atomic E-state index is -3.46. The summed E-state index contributed by atoms with van der Waals surface area (Å²) in [5.74, 6) is -0.148. The van der Waals surface area contributed by atoms with Crippen molar-refractivity contribution in [3.63, 3.8) is 0 Å². The Bertz CT molecular complexity index is 964. The van der Waals surface area contributed by atoms with Crippen molar-refractivity contribution in [1.29, 1.82) is 0 Å². The lowest BCUT2D eigenvalue weighted by Gasteiger charge is -2.15. The van der Waals surface area contributed by atoms with Gasteiger partial charge in [-0.05, 0) is 36.1 Å².